The van der Waals surface area contributed by atoms with Gasteiger partial charge in [-0.2, -0.15) is 0 Å². The Morgan fingerprint density at radius 1 is 0.738 bits per heavy atom. The van der Waals surface area contributed by atoms with Crippen molar-refractivity contribution in [3.63, 3.8) is 0 Å². The molecule has 4 aliphatic rings. The van der Waals surface area contributed by atoms with Crippen LogP contribution in [0.2, 0.25) is 0 Å². The quantitative estimate of drug-likeness (QED) is 0.514. The molecule has 0 spiro atoms. The number of anilines is 4. The molecule has 42 heavy (non-hydrogen) atoms. The smallest absolute Gasteiger partial charge is 0.414 e. The van der Waals surface area contributed by atoms with E-state index in [1.54, 1.807) is 24.3 Å². The number of carbonyl (C=O) groups is 2. The van der Waals surface area contributed by atoms with Crippen LogP contribution in [-0.4, -0.2) is 108 Å². The Balaban J connectivity index is 0.000000168. The second-order valence-electron chi connectivity index (χ2n) is 10.1. The van der Waals surface area contributed by atoms with Crippen molar-refractivity contribution in [1.29, 1.82) is 0 Å². The summed E-state index contributed by atoms with van der Waals surface area (Å²) < 4.78 is 49.1. The summed E-state index contributed by atoms with van der Waals surface area (Å²) >= 11 is 0. The number of carbonyl (C=O) groups excluding carboxylic acids is 2. The van der Waals surface area contributed by atoms with Gasteiger partial charge in [0.05, 0.1) is 68.9 Å². The number of morpholine rings is 2. The molecule has 6 rings (SSSR count). The molecule has 3 N–H and O–H groups in total. The zero-order valence-corrected chi connectivity index (χ0v) is 23.1. The Bertz CT molecular complexity index is 1160. The first kappa shape index (κ1) is 29.8. The predicted octanol–water partition coefficient (Wildman–Crippen LogP) is 1.93. The van der Waals surface area contributed by atoms with Crippen molar-refractivity contribution in [2.45, 2.75) is 12.2 Å². The fourth-order valence-corrected chi connectivity index (χ4v) is 5.13. The SMILES string of the molecule is NC[C@H]1CN(c2ccc(N3CCOCC3)c(F)c2)C(=O)O1.O=C1O[C@@H](CO)CN1c1ccc(N2CCOCC2)c(F)c1. The lowest BCUT2D eigenvalue weighted by molar-refractivity contribution is 0.0963. The number of aliphatic hydroxyl groups excluding tert-OH is 1. The van der Waals surface area contributed by atoms with Crippen molar-refractivity contribution in [3.8, 4) is 0 Å². The van der Waals surface area contributed by atoms with Crippen molar-refractivity contribution >= 4 is 34.9 Å². The summed E-state index contributed by atoms with van der Waals surface area (Å²) in [5.41, 5.74) is 7.46. The first-order valence-corrected chi connectivity index (χ1v) is 13.9. The first-order valence-electron chi connectivity index (χ1n) is 13.9. The topological polar surface area (TPSA) is 130 Å². The average Bonchev–Trinajstić information content (AvgIpc) is 3.60. The zero-order valence-electron chi connectivity index (χ0n) is 23.1. The van der Waals surface area contributed by atoms with E-state index < -0.39 is 18.3 Å². The molecule has 0 bridgehead atoms. The molecule has 228 valence electrons. The Morgan fingerprint density at radius 3 is 1.52 bits per heavy atom. The number of amides is 2. The third kappa shape index (κ3) is 6.67. The van der Waals surface area contributed by atoms with Gasteiger partial charge in [0.25, 0.3) is 0 Å². The van der Waals surface area contributed by atoms with E-state index in [2.05, 4.69) is 0 Å². The molecule has 0 unspecified atom stereocenters. The zero-order chi connectivity index (χ0) is 29.6. The van der Waals surface area contributed by atoms with E-state index in [1.165, 1.54) is 21.9 Å². The monoisotopic (exact) mass is 591 g/mol. The molecule has 0 saturated carbocycles. The summed E-state index contributed by atoms with van der Waals surface area (Å²) in [6, 6.07) is 9.47. The fourth-order valence-electron chi connectivity index (χ4n) is 5.13. The van der Waals surface area contributed by atoms with Gasteiger partial charge in [-0.25, -0.2) is 18.4 Å². The third-order valence-corrected chi connectivity index (χ3v) is 7.40. The standard InChI is InChI=1S/C14H18FN3O3.C14H17FN2O4/c15-12-7-10(18-9-11(8-16)21-14(18)19)1-2-13(12)17-3-5-20-6-4-17;15-12-7-10(17-8-11(9-18)21-14(17)19)1-2-13(12)16-3-5-20-6-4-16/h1-2,7,11H,3-6,8-9,16H2;1-2,7,11,18H,3-6,8-9H2/t2*11-/m01/s1. The second kappa shape index (κ2) is 13.5. The summed E-state index contributed by atoms with van der Waals surface area (Å²) in [5, 5.41) is 9.02. The lowest BCUT2D eigenvalue weighted by atomic mass is 10.2. The fraction of sp³-hybridized carbons (Fsp3) is 0.500. The van der Waals surface area contributed by atoms with Crippen LogP contribution in [0.5, 0.6) is 0 Å². The molecular formula is C28H35F2N5O7. The molecule has 0 radical (unpaired) electrons. The van der Waals surface area contributed by atoms with E-state index in [-0.39, 0.29) is 37.4 Å². The Kier molecular flexibility index (Phi) is 9.57. The molecule has 2 aromatic carbocycles. The number of hydrogen-bond acceptors (Lipinski definition) is 10. The van der Waals surface area contributed by atoms with E-state index >= 15 is 0 Å². The van der Waals surface area contributed by atoms with Crippen LogP contribution in [0.3, 0.4) is 0 Å². The van der Waals surface area contributed by atoms with Crippen molar-refractivity contribution in [3.05, 3.63) is 48.0 Å². The van der Waals surface area contributed by atoms with Crippen LogP contribution in [0, 0.1) is 11.6 Å². The maximum absolute atomic E-state index is 14.3. The van der Waals surface area contributed by atoms with Crippen LogP contribution in [0.25, 0.3) is 0 Å². The normalized spacial score (nSPS) is 22.6. The van der Waals surface area contributed by atoms with Gasteiger partial charge in [-0.1, -0.05) is 0 Å². The molecule has 0 aliphatic carbocycles. The van der Waals surface area contributed by atoms with Gasteiger partial charge in [0.2, 0.25) is 0 Å². The van der Waals surface area contributed by atoms with Crippen LogP contribution < -0.4 is 25.3 Å². The Labute approximate surface area is 242 Å². The second-order valence-corrected chi connectivity index (χ2v) is 10.1. The summed E-state index contributed by atoms with van der Waals surface area (Å²) in [4.78, 5) is 30.0. The van der Waals surface area contributed by atoms with Crippen molar-refractivity contribution in [2.75, 3.05) is 98.4 Å². The number of cyclic esters (lactones) is 2. The number of nitrogens with two attached hydrogens (primary N) is 1. The van der Waals surface area contributed by atoms with E-state index in [9.17, 15) is 18.4 Å². The number of benzene rings is 2. The summed E-state index contributed by atoms with van der Waals surface area (Å²) in [6.45, 7) is 5.58. The van der Waals surface area contributed by atoms with Gasteiger partial charge < -0.3 is 39.6 Å². The average molecular weight is 592 g/mol. The number of rotatable bonds is 6. The molecule has 2 atom stereocenters. The molecule has 4 heterocycles. The van der Waals surface area contributed by atoms with Crippen molar-refractivity contribution in [1.82, 2.24) is 0 Å². The summed E-state index contributed by atoms with van der Waals surface area (Å²) in [7, 11) is 0. The van der Waals surface area contributed by atoms with Gasteiger partial charge in [-0.15, -0.1) is 0 Å². The first-order chi connectivity index (χ1) is 20.4. The van der Waals surface area contributed by atoms with Gasteiger partial charge in [-0.05, 0) is 36.4 Å². The number of aliphatic hydroxyl groups is 1. The van der Waals surface area contributed by atoms with E-state index in [0.717, 1.165) is 0 Å². The molecule has 2 amide bonds. The minimum absolute atomic E-state index is 0.228. The number of hydrogen-bond donors (Lipinski definition) is 2. The minimum Gasteiger partial charge on any atom is -0.443 e. The predicted molar refractivity (Wildman–Crippen MR) is 150 cm³/mol. The Morgan fingerprint density at radius 2 is 1.17 bits per heavy atom. The summed E-state index contributed by atoms with van der Waals surface area (Å²) in [6.07, 6.45) is -1.93. The third-order valence-electron chi connectivity index (χ3n) is 7.40. The van der Waals surface area contributed by atoms with Crippen LogP contribution >= 0.6 is 0 Å². The Hall–Kier alpha value is -3.72. The molecule has 2 aromatic rings. The maximum atomic E-state index is 14.3. The van der Waals surface area contributed by atoms with Crippen LogP contribution in [-0.2, 0) is 18.9 Å². The van der Waals surface area contributed by atoms with Crippen LogP contribution in [0.15, 0.2) is 36.4 Å². The number of halogens is 2. The molecule has 12 nitrogen and oxygen atoms in total. The molecular weight excluding hydrogens is 556 g/mol. The highest BCUT2D eigenvalue weighted by Gasteiger charge is 2.33. The summed E-state index contributed by atoms with van der Waals surface area (Å²) in [5.74, 6) is -0.729. The lowest BCUT2D eigenvalue weighted by Gasteiger charge is -2.29. The molecule has 4 aliphatic heterocycles. The molecule has 4 fully saturated rings. The highest BCUT2D eigenvalue weighted by atomic mass is 19.1. The van der Waals surface area contributed by atoms with E-state index in [1.807, 2.05) is 9.80 Å². The van der Waals surface area contributed by atoms with Crippen LogP contribution in [0.1, 0.15) is 0 Å². The van der Waals surface area contributed by atoms with Crippen molar-refractivity contribution in [2.24, 2.45) is 5.73 Å². The number of nitrogens with zero attached hydrogens (tertiary/aromatic N) is 4. The van der Waals surface area contributed by atoms with Crippen molar-refractivity contribution < 1.29 is 42.4 Å². The largest absolute Gasteiger partial charge is 0.443 e. The van der Waals surface area contributed by atoms with Gasteiger partial charge >= 0.3 is 12.2 Å². The maximum Gasteiger partial charge on any atom is 0.414 e. The molecule has 4 saturated heterocycles. The van der Waals surface area contributed by atoms with Crippen LogP contribution in [0.4, 0.5) is 41.1 Å². The van der Waals surface area contributed by atoms with Gasteiger partial charge in [0.1, 0.15) is 23.8 Å². The highest BCUT2D eigenvalue weighted by Crippen LogP contribution is 2.29. The molecule has 0 aromatic heterocycles. The van der Waals surface area contributed by atoms with Gasteiger partial charge in [0.15, 0.2) is 0 Å². The van der Waals surface area contributed by atoms with E-state index in [4.69, 9.17) is 29.8 Å². The number of ether oxygens (including phenoxy) is 4. The minimum atomic E-state index is -0.562. The van der Waals surface area contributed by atoms with Gasteiger partial charge in [-0.3, -0.25) is 9.80 Å². The highest BCUT2D eigenvalue weighted by molar-refractivity contribution is 5.90. The lowest BCUT2D eigenvalue weighted by Crippen LogP contribution is -2.36. The molecule has 14 heteroatoms. The van der Waals surface area contributed by atoms with Gasteiger partial charge in [0, 0.05) is 32.7 Å². The van der Waals surface area contributed by atoms with E-state index in [0.29, 0.717) is 81.9 Å².